The van der Waals surface area contributed by atoms with E-state index in [1.807, 2.05) is 24.5 Å². The highest BCUT2D eigenvalue weighted by Crippen LogP contribution is 2.21. The van der Waals surface area contributed by atoms with Crippen LogP contribution in [-0.2, 0) is 5.41 Å². The summed E-state index contributed by atoms with van der Waals surface area (Å²) in [6.07, 6.45) is 5.26. The molecule has 0 amide bonds. The van der Waals surface area contributed by atoms with Crippen molar-refractivity contribution in [3.8, 4) is 0 Å². The smallest absolute Gasteiger partial charge is 0.270 e. The molecule has 1 atom stereocenters. The minimum Gasteiger partial charge on any atom is -0.370 e. The van der Waals surface area contributed by atoms with Crippen LogP contribution in [-0.4, -0.2) is 22.2 Å². The summed E-state index contributed by atoms with van der Waals surface area (Å²) in [4.78, 5) is 24.1. The third-order valence-corrected chi connectivity index (χ3v) is 4.64. The minimum absolute atomic E-state index is 0.0275. The van der Waals surface area contributed by atoms with Crippen LogP contribution in [0.25, 0.3) is 0 Å². The SMILES string of the molecule is C=CCNC(=S)[C@@H](C(=O)c1cccc([N+](=O)[O-])c1)[n+]1ccc(C(C)(C)C)cc1. The molecular formula is C21H24N3O3S+. The monoisotopic (exact) mass is 398 g/mol. The van der Waals surface area contributed by atoms with Gasteiger partial charge in [0.15, 0.2) is 17.4 Å². The predicted octanol–water partition coefficient (Wildman–Crippen LogP) is 3.71. The number of thiocarbonyl (C=S) groups is 1. The first-order valence-electron chi connectivity index (χ1n) is 8.83. The number of benzene rings is 1. The molecule has 7 heteroatoms. The zero-order valence-corrected chi connectivity index (χ0v) is 17.0. The largest absolute Gasteiger partial charge is 0.370 e. The van der Waals surface area contributed by atoms with Crippen LogP contribution in [0.5, 0.6) is 0 Å². The van der Waals surface area contributed by atoms with E-state index in [0.717, 1.165) is 5.56 Å². The van der Waals surface area contributed by atoms with Crippen LogP contribution >= 0.6 is 12.2 Å². The minimum atomic E-state index is -0.814. The summed E-state index contributed by atoms with van der Waals surface area (Å²) in [5.41, 5.74) is 1.19. The van der Waals surface area contributed by atoms with Crippen LogP contribution < -0.4 is 9.88 Å². The van der Waals surface area contributed by atoms with Crippen molar-refractivity contribution in [2.45, 2.75) is 32.2 Å². The number of Topliss-reactive ketones (excluding diaryl/α,β-unsaturated/α-hetero) is 1. The first-order chi connectivity index (χ1) is 13.1. The van der Waals surface area contributed by atoms with Gasteiger partial charge in [-0.2, -0.15) is 4.57 Å². The fourth-order valence-corrected chi connectivity index (χ4v) is 3.01. The molecule has 0 radical (unpaired) electrons. The molecule has 0 saturated carbocycles. The van der Waals surface area contributed by atoms with Crippen LogP contribution in [0.4, 0.5) is 5.69 Å². The lowest BCUT2D eigenvalue weighted by Crippen LogP contribution is -2.51. The lowest BCUT2D eigenvalue weighted by molar-refractivity contribution is -0.692. The van der Waals surface area contributed by atoms with Gasteiger partial charge < -0.3 is 5.32 Å². The first-order valence-corrected chi connectivity index (χ1v) is 9.24. The van der Waals surface area contributed by atoms with Crippen LogP contribution in [0.3, 0.4) is 0 Å². The van der Waals surface area contributed by atoms with Crippen molar-refractivity contribution in [2.75, 3.05) is 6.54 Å². The summed E-state index contributed by atoms with van der Waals surface area (Å²) in [6, 6.07) is 8.76. The van der Waals surface area contributed by atoms with E-state index in [2.05, 4.69) is 32.7 Å². The van der Waals surface area contributed by atoms with Crippen LogP contribution in [0.1, 0.15) is 42.7 Å². The fraction of sp³-hybridized carbons (Fsp3) is 0.286. The van der Waals surface area contributed by atoms with Crippen molar-refractivity contribution in [1.29, 1.82) is 0 Å². The van der Waals surface area contributed by atoms with Crippen LogP contribution in [0.2, 0.25) is 0 Å². The Bertz CT molecular complexity index is 902. The Hall–Kier alpha value is -2.93. The quantitative estimate of drug-likeness (QED) is 0.192. The maximum absolute atomic E-state index is 13.2. The summed E-state index contributed by atoms with van der Waals surface area (Å²) < 4.78 is 1.72. The molecule has 0 fully saturated rings. The molecule has 1 aromatic heterocycles. The molecule has 0 spiro atoms. The van der Waals surface area contributed by atoms with E-state index in [1.54, 1.807) is 16.7 Å². The topological polar surface area (TPSA) is 76.1 Å². The normalized spacial score (nSPS) is 12.1. The van der Waals surface area contributed by atoms with Crippen molar-refractivity contribution in [2.24, 2.45) is 0 Å². The number of pyridine rings is 1. The highest BCUT2D eigenvalue weighted by atomic mass is 32.1. The molecule has 2 aromatic rings. The molecule has 0 saturated heterocycles. The maximum atomic E-state index is 13.2. The number of aromatic nitrogens is 1. The molecule has 0 aliphatic heterocycles. The number of hydrogen-bond donors (Lipinski definition) is 1. The number of rotatable bonds is 7. The second-order valence-corrected chi connectivity index (χ2v) is 7.83. The van der Waals surface area contributed by atoms with Gasteiger partial charge in [-0.1, -0.05) is 51.2 Å². The molecular weight excluding hydrogens is 374 g/mol. The Morgan fingerprint density at radius 3 is 2.50 bits per heavy atom. The molecule has 0 bridgehead atoms. The van der Waals surface area contributed by atoms with Gasteiger partial charge in [0, 0.05) is 36.4 Å². The number of carbonyl (C=O) groups excluding carboxylic acids is 1. The molecule has 146 valence electrons. The van der Waals surface area contributed by atoms with E-state index < -0.39 is 11.0 Å². The zero-order chi connectivity index (χ0) is 20.9. The fourth-order valence-electron chi connectivity index (χ4n) is 2.70. The summed E-state index contributed by atoms with van der Waals surface area (Å²) in [5, 5.41) is 14.1. The Kier molecular flexibility index (Phi) is 6.75. The molecule has 6 nitrogen and oxygen atoms in total. The molecule has 1 N–H and O–H groups in total. The lowest BCUT2D eigenvalue weighted by Gasteiger charge is -2.19. The van der Waals surface area contributed by atoms with Gasteiger partial charge in [-0.25, -0.2) is 0 Å². The Morgan fingerprint density at radius 2 is 1.96 bits per heavy atom. The molecule has 0 aliphatic carbocycles. The molecule has 28 heavy (non-hydrogen) atoms. The number of nitrogens with zero attached hydrogens (tertiary/aromatic N) is 2. The summed E-state index contributed by atoms with van der Waals surface area (Å²) in [5.74, 6) is -0.321. The maximum Gasteiger partial charge on any atom is 0.270 e. The van der Waals surface area contributed by atoms with Gasteiger partial charge in [0.2, 0.25) is 5.78 Å². The van der Waals surface area contributed by atoms with Gasteiger partial charge in [-0.3, -0.25) is 14.9 Å². The first kappa shape index (κ1) is 21.4. The lowest BCUT2D eigenvalue weighted by atomic mass is 9.88. The molecule has 0 unspecified atom stereocenters. The van der Waals surface area contributed by atoms with Gasteiger partial charge in [0.25, 0.3) is 11.7 Å². The third kappa shape index (κ3) is 5.07. The van der Waals surface area contributed by atoms with Crippen molar-refractivity contribution in [3.05, 3.63) is 82.7 Å². The van der Waals surface area contributed by atoms with Crippen molar-refractivity contribution < 1.29 is 14.3 Å². The summed E-state index contributed by atoms with van der Waals surface area (Å²) in [7, 11) is 0. The number of ketones is 1. The predicted molar refractivity (Wildman–Crippen MR) is 113 cm³/mol. The highest BCUT2D eigenvalue weighted by Gasteiger charge is 2.34. The second kappa shape index (κ2) is 8.84. The van der Waals surface area contributed by atoms with Crippen LogP contribution in [0, 0.1) is 10.1 Å². The van der Waals surface area contributed by atoms with E-state index in [0.29, 0.717) is 11.5 Å². The zero-order valence-electron chi connectivity index (χ0n) is 16.2. The van der Waals surface area contributed by atoms with Crippen molar-refractivity contribution >= 4 is 28.7 Å². The van der Waals surface area contributed by atoms with E-state index in [4.69, 9.17) is 12.2 Å². The summed E-state index contributed by atoms with van der Waals surface area (Å²) in [6.45, 7) is 10.4. The number of carbonyl (C=O) groups is 1. The van der Waals surface area contributed by atoms with Crippen LogP contribution in [0.15, 0.2) is 61.4 Å². The van der Waals surface area contributed by atoms with Gasteiger partial charge >= 0.3 is 0 Å². The number of hydrogen-bond acceptors (Lipinski definition) is 4. The van der Waals surface area contributed by atoms with E-state index in [9.17, 15) is 14.9 Å². The number of nitrogens with one attached hydrogen (secondary N) is 1. The Balaban J connectivity index is 2.46. The third-order valence-electron chi connectivity index (χ3n) is 4.28. The van der Waals surface area contributed by atoms with E-state index in [-0.39, 0.29) is 22.4 Å². The molecule has 1 heterocycles. The highest BCUT2D eigenvalue weighted by molar-refractivity contribution is 7.80. The number of nitro groups is 1. The average Bonchev–Trinajstić information content (AvgIpc) is 2.66. The van der Waals surface area contributed by atoms with Gasteiger partial charge in [0.1, 0.15) is 0 Å². The van der Waals surface area contributed by atoms with E-state index >= 15 is 0 Å². The number of nitro benzene ring substituents is 1. The van der Waals surface area contributed by atoms with Gasteiger partial charge in [0.05, 0.1) is 4.92 Å². The summed E-state index contributed by atoms with van der Waals surface area (Å²) >= 11 is 5.46. The van der Waals surface area contributed by atoms with Gasteiger partial charge in [-0.05, 0) is 11.0 Å². The molecule has 2 rings (SSSR count). The standard InChI is InChI=1S/C21H23N3O3S/c1-5-11-22-20(28)18(23-12-9-16(10-13-23)21(2,3)4)19(25)15-7-6-8-17(14-15)24(26)27/h5-10,12-14,18H,1,11H2,2-4H3/p+1/t18-/m1/s1. The molecule has 0 aliphatic rings. The number of non-ortho nitro benzene ring substituents is 1. The van der Waals surface area contributed by atoms with Gasteiger partial charge in [-0.15, -0.1) is 6.58 Å². The Labute approximate surface area is 170 Å². The Morgan fingerprint density at radius 1 is 1.32 bits per heavy atom. The molecule has 1 aromatic carbocycles. The second-order valence-electron chi connectivity index (χ2n) is 7.39. The van der Waals surface area contributed by atoms with Crippen molar-refractivity contribution in [3.63, 3.8) is 0 Å². The average molecular weight is 399 g/mol. The van der Waals surface area contributed by atoms with E-state index in [1.165, 1.54) is 18.2 Å². The van der Waals surface area contributed by atoms with Crippen molar-refractivity contribution in [1.82, 2.24) is 5.32 Å².